The Labute approximate surface area is 84.5 Å². The van der Waals surface area contributed by atoms with Gasteiger partial charge in [0, 0.05) is 6.54 Å². The number of rotatable bonds is 2. The van der Waals surface area contributed by atoms with Gasteiger partial charge in [0.25, 0.3) is 0 Å². The summed E-state index contributed by atoms with van der Waals surface area (Å²) in [6.45, 7) is 3.29. The Hall–Kier alpha value is -1.06. The van der Waals surface area contributed by atoms with Crippen LogP contribution in [0, 0.1) is 5.41 Å². The van der Waals surface area contributed by atoms with E-state index in [2.05, 4.69) is 17.0 Å². The lowest BCUT2D eigenvalue weighted by molar-refractivity contribution is 0.176. The molecule has 1 fully saturated rings. The van der Waals surface area contributed by atoms with Gasteiger partial charge >= 0.3 is 0 Å². The van der Waals surface area contributed by atoms with Gasteiger partial charge in [0.1, 0.15) is 6.33 Å². The molecule has 0 unspecified atom stereocenters. The minimum atomic E-state index is 0.379. The second-order valence-electron chi connectivity index (χ2n) is 4.67. The molecule has 0 radical (unpaired) electrons. The maximum Gasteiger partial charge on any atom is 0.239 e. The van der Waals surface area contributed by atoms with Crippen LogP contribution in [0.2, 0.25) is 0 Å². The largest absolute Gasteiger partial charge is 0.367 e. The molecule has 78 valence electrons. The van der Waals surface area contributed by atoms with Crippen LogP contribution < -0.4 is 5.73 Å². The Bertz CT molecular complexity index is 299. The first-order chi connectivity index (χ1) is 6.68. The molecule has 2 N–H and O–H groups in total. The summed E-state index contributed by atoms with van der Waals surface area (Å²) in [7, 11) is 0. The standard InChI is InChI=1S/C10H18N4/c1-10(5-3-2-4-6-10)7-14-8-12-9(11)13-14/h8H,2-7H2,1H3,(H2,11,13). The van der Waals surface area contributed by atoms with E-state index in [1.165, 1.54) is 32.1 Å². The van der Waals surface area contributed by atoms with Gasteiger partial charge in [-0.2, -0.15) is 0 Å². The Morgan fingerprint density at radius 3 is 2.71 bits per heavy atom. The molecule has 4 heteroatoms. The second-order valence-corrected chi connectivity index (χ2v) is 4.67. The molecule has 1 aliphatic rings. The van der Waals surface area contributed by atoms with Crippen LogP contribution in [-0.2, 0) is 6.54 Å². The maximum absolute atomic E-state index is 5.48. The summed E-state index contributed by atoms with van der Waals surface area (Å²) in [6, 6.07) is 0. The van der Waals surface area contributed by atoms with Crippen molar-refractivity contribution in [3.05, 3.63) is 6.33 Å². The number of anilines is 1. The molecule has 4 nitrogen and oxygen atoms in total. The van der Waals surface area contributed by atoms with E-state index in [9.17, 15) is 0 Å². The Morgan fingerprint density at radius 1 is 1.43 bits per heavy atom. The number of hydrogen-bond acceptors (Lipinski definition) is 3. The molecular formula is C10H18N4. The highest BCUT2D eigenvalue weighted by atomic mass is 15.4. The molecule has 0 aliphatic heterocycles. The summed E-state index contributed by atoms with van der Waals surface area (Å²) in [5.41, 5.74) is 5.88. The Kier molecular flexibility index (Phi) is 2.44. The number of hydrogen-bond donors (Lipinski definition) is 1. The topological polar surface area (TPSA) is 56.7 Å². The molecular weight excluding hydrogens is 176 g/mol. The van der Waals surface area contributed by atoms with Crippen LogP contribution in [-0.4, -0.2) is 14.8 Å². The quantitative estimate of drug-likeness (QED) is 0.781. The first-order valence-electron chi connectivity index (χ1n) is 5.33. The van der Waals surface area contributed by atoms with Crippen molar-refractivity contribution in [1.82, 2.24) is 14.8 Å². The van der Waals surface area contributed by atoms with Crippen molar-refractivity contribution in [2.75, 3.05) is 5.73 Å². The van der Waals surface area contributed by atoms with E-state index < -0.39 is 0 Å². The van der Waals surface area contributed by atoms with Crippen LogP contribution in [0.15, 0.2) is 6.33 Å². The molecule has 1 aliphatic carbocycles. The highest BCUT2D eigenvalue weighted by molar-refractivity contribution is 5.09. The summed E-state index contributed by atoms with van der Waals surface area (Å²) >= 11 is 0. The van der Waals surface area contributed by atoms with E-state index in [1.807, 2.05) is 4.68 Å². The lowest BCUT2D eigenvalue weighted by Gasteiger charge is -2.33. The normalized spacial score (nSPS) is 20.9. The van der Waals surface area contributed by atoms with E-state index in [1.54, 1.807) is 6.33 Å². The lowest BCUT2D eigenvalue weighted by Crippen LogP contribution is -2.26. The maximum atomic E-state index is 5.48. The summed E-state index contributed by atoms with van der Waals surface area (Å²) in [6.07, 6.45) is 8.41. The number of aromatic nitrogens is 3. The van der Waals surface area contributed by atoms with E-state index >= 15 is 0 Å². The van der Waals surface area contributed by atoms with Crippen LogP contribution in [0.5, 0.6) is 0 Å². The van der Waals surface area contributed by atoms with Gasteiger partial charge in [0.15, 0.2) is 0 Å². The SMILES string of the molecule is CC1(Cn2cnc(N)n2)CCCCC1. The van der Waals surface area contributed by atoms with Gasteiger partial charge in [-0.15, -0.1) is 5.10 Å². The lowest BCUT2D eigenvalue weighted by atomic mass is 9.76. The van der Waals surface area contributed by atoms with Gasteiger partial charge < -0.3 is 5.73 Å². The summed E-state index contributed by atoms with van der Waals surface area (Å²) in [5.74, 6) is 0.379. The van der Waals surface area contributed by atoms with E-state index in [0.29, 0.717) is 11.4 Å². The minimum absolute atomic E-state index is 0.379. The zero-order valence-corrected chi connectivity index (χ0v) is 8.74. The third-order valence-electron chi connectivity index (χ3n) is 3.16. The second kappa shape index (κ2) is 3.59. The molecule has 14 heavy (non-hydrogen) atoms. The minimum Gasteiger partial charge on any atom is -0.367 e. The fraction of sp³-hybridized carbons (Fsp3) is 0.800. The highest BCUT2D eigenvalue weighted by Gasteiger charge is 2.27. The van der Waals surface area contributed by atoms with Gasteiger partial charge in [-0.3, -0.25) is 4.68 Å². The zero-order chi connectivity index (χ0) is 10.0. The molecule has 2 rings (SSSR count). The average molecular weight is 194 g/mol. The van der Waals surface area contributed by atoms with E-state index in [0.717, 1.165) is 6.54 Å². The molecule has 0 aromatic carbocycles. The first kappa shape index (κ1) is 9.49. The monoisotopic (exact) mass is 194 g/mol. The number of nitrogen functional groups attached to an aromatic ring is 1. The summed E-state index contributed by atoms with van der Waals surface area (Å²) in [5, 5.41) is 4.13. The molecule has 0 amide bonds. The Morgan fingerprint density at radius 2 is 2.14 bits per heavy atom. The highest BCUT2D eigenvalue weighted by Crippen LogP contribution is 2.36. The van der Waals surface area contributed by atoms with E-state index in [4.69, 9.17) is 5.73 Å². The van der Waals surface area contributed by atoms with E-state index in [-0.39, 0.29) is 0 Å². The predicted octanol–water partition coefficient (Wildman–Crippen LogP) is 1.83. The van der Waals surface area contributed by atoms with Gasteiger partial charge in [0.2, 0.25) is 5.95 Å². The zero-order valence-electron chi connectivity index (χ0n) is 8.74. The van der Waals surface area contributed by atoms with Crippen LogP contribution in [0.1, 0.15) is 39.0 Å². The molecule has 1 aromatic rings. The van der Waals surface area contributed by atoms with Crippen molar-refractivity contribution in [3.63, 3.8) is 0 Å². The number of nitrogens with zero attached hydrogens (tertiary/aromatic N) is 3. The molecule has 1 heterocycles. The van der Waals surface area contributed by atoms with Gasteiger partial charge in [-0.1, -0.05) is 26.2 Å². The number of nitrogens with two attached hydrogens (primary N) is 1. The smallest absolute Gasteiger partial charge is 0.239 e. The van der Waals surface area contributed by atoms with Crippen molar-refractivity contribution >= 4 is 5.95 Å². The van der Waals surface area contributed by atoms with Crippen molar-refractivity contribution in [2.24, 2.45) is 5.41 Å². The van der Waals surface area contributed by atoms with Crippen molar-refractivity contribution in [1.29, 1.82) is 0 Å². The van der Waals surface area contributed by atoms with Gasteiger partial charge in [-0.25, -0.2) is 4.98 Å². The van der Waals surface area contributed by atoms with Crippen molar-refractivity contribution in [2.45, 2.75) is 45.6 Å². The van der Waals surface area contributed by atoms with Gasteiger partial charge in [-0.05, 0) is 18.3 Å². The van der Waals surface area contributed by atoms with Crippen LogP contribution in [0.3, 0.4) is 0 Å². The third-order valence-corrected chi connectivity index (χ3v) is 3.16. The molecule has 0 saturated heterocycles. The Balaban J connectivity index is 2.01. The van der Waals surface area contributed by atoms with Crippen LogP contribution >= 0.6 is 0 Å². The molecule has 0 bridgehead atoms. The van der Waals surface area contributed by atoms with Crippen molar-refractivity contribution < 1.29 is 0 Å². The van der Waals surface area contributed by atoms with Gasteiger partial charge in [0.05, 0.1) is 0 Å². The summed E-state index contributed by atoms with van der Waals surface area (Å²) < 4.78 is 1.88. The fourth-order valence-corrected chi connectivity index (χ4v) is 2.34. The van der Waals surface area contributed by atoms with Crippen molar-refractivity contribution in [3.8, 4) is 0 Å². The average Bonchev–Trinajstić information content (AvgIpc) is 2.51. The third kappa shape index (κ3) is 2.05. The summed E-state index contributed by atoms with van der Waals surface area (Å²) in [4.78, 5) is 3.94. The molecule has 1 aromatic heterocycles. The van der Waals surface area contributed by atoms with Crippen LogP contribution in [0.25, 0.3) is 0 Å². The molecule has 0 atom stereocenters. The fourth-order valence-electron chi connectivity index (χ4n) is 2.34. The van der Waals surface area contributed by atoms with Crippen LogP contribution in [0.4, 0.5) is 5.95 Å². The predicted molar refractivity (Wildman–Crippen MR) is 55.6 cm³/mol. The molecule has 1 saturated carbocycles. The first-order valence-corrected chi connectivity index (χ1v) is 5.33. The molecule has 0 spiro atoms.